The Bertz CT molecular complexity index is 987. The lowest BCUT2D eigenvalue weighted by Gasteiger charge is -2.07. The van der Waals surface area contributed by atoms with Gasteiger partial charge in [0.25, 0.3) is 11.5 Å². The molecule has 7 heteroatoms. The summed E-state index contributed by atoms with van der Waals surface area (Å²) in [5, 5.41) is 18.2. The lowest BCUT2D eigenvalue weighted by atomic mass is 10.1. The van der Waals surface area contributed by atoms with E-state index in [4.69, 9.17) is 10.00 Å². The Morgan fingerprint density at radius 1 is 1.17 bits per heavy atom. The highest BCUT2D eigenvalue weighted by Crippen LogP contribution is 2.18. The van der Waals surface area contributed by atoms with Crippen molar-refractivity contribution >= 4 is 22.4 Å². The molecule has 0 aliphatic heterocycles. The zero-order chi connectivity index (χ0) is 16.9. The molecule has 2 aromatic carbocycles. The predicted octanol–water partition coefficient (Wildman–Crippen LogP) is 2.08. The van der Waals surface area contributed by atoms with Gasteiger partial charge < -0.3 is 10.1 Å². The zero-order valence-corrected chi connectivity index (χ0v) is 12.4. The number of nitriles is 1. The Hall–Kier alpha value is -3.66. The third kappa shape index (κ3) is 3.08. The van der Waals surface area contributed by atoms with Gasteiger partial charge in [-0.25, -0.2) is 5.10 Å². The lowest BCUT2D eigenvalue weighted by molar-refractivity contribution is 0.102. The van der Waals surface area contributed by atoms with Crippen LogP contribution in [0.3, 0.4) is 0 Å². The second kappa shape index (κ2) is 6.62. The molecule has 0 aliphatic rings. The summed E-state index contributed by atoms with van der Waals surface area (Å²) in [7, 11) is 0. The van der Waals surface area contributed by atoms with Crippen LogP contribution in [-0.4, -0.2) is 22.7 Å². The number of hydrogen-bond donors (Lipinski definition) is 2. The van der Waals surface area contributed by atoms with Gasteiger partial charge in [-0.15, -0.1) is 0 Å². The van der Waals surface area contributed by atoms with Gasteiger partial charge in [0.15, 0.2) is 12.3 Å². The smallest absolute Gasteiger partial charge is 0.276 e. The number of rotatable bonds is 4. The molecule has 1 heterocycles. The molecule has 24 heavy (non-hydrogen) atoms. The topological polar surface area (TPSA) is 108 Å². The van der Waals surface area contributed by atoms with Gasteiger partial charge in [-0.1, -0.05) is 18.2 Å². The Balaban J connectivity index is 1.84. The number of nitrogens with zero attached hydrogens (tertiary/aromatic N) is 2. The molecule has 0 saturated heterocycles. The molecule has 0 spiro atoms. The minimum atomic E-state index is -0.437. The SMILES string of the molecule is N#CCOc1ccc(NC(=O)c2n[nH]c(=O)c3ccccc23)cc1. The number of anilines is 1. The van der Waals surface area contributed by atoms with Crippen LogP contribution in [0.4, 0.5) is 5.69 Å². The maximum absolute atomic E-state index is 12.4. The van der Waals surface area contributed by atoms with Gasteiger partial charge in [-0.2, -0.15) is 10.4 Å². The van der Waals surface area contributed by atoms with Gasteiger partial charge in [0, 0.05) is 11.1 Å². The third-order valence-electron chi connectivity index (χ3n) is 3.33. The first-order chi connectivity index (χ1) is 11.7. The van der Waals surface area contributed by atoms with Crippen molar-refractivity contribution in [2.45, 2.75) is 0 Å². The van der Waals surface area contributed by atoms with Crippen LogP contribution in [0.5, 0.6) is 5.75 Å². The maximum Gasteiger partial charge on any atom is 0.276 e. The summed E-state index contributed by atoms with van der Waals surface area (Å²) in [6.07, 6.45) is 0. The van der Waals surface area contributed by atoms with Crippen molar-refractivity contribution < 1.29 is 9.53 Å². The first-order valence-electron chi connectivity index (χ1n) is 7.07. The molecule has 0 saturated carbocycles. The highest BCUT2D eigenvalue weighted by Gasteiger charge is 2.14. The molecule has 3 rings (SSSR count). The standard InChI is InChI=1S/C17H12N4O3/c18-9-10-24-12-7-5-11(6-8-12)19-17(23)15-13-3-1-2-4-14(13)16(22)21-20-15/h1-8H,10H2,(H,19,23)(H,21,22). The number of amides is 1. The van der Waals surface area contributed by atoms with Gasteiger partial charge in [0.1, 0.15) is 11.8 Å². The zero-order valence-electron chi connectivity index (χ0n) is 12.4. The molecular weight excluding hydrogens is 308 g/mol. The normalized spacial score (nSPS) is 10.1. The Labute approximate surface area is 136 Å². The highest BCUT2D eigenvalue weighted by atomic mass is 16.5. The van der Waals surface area contributed by atoms with Gasteiger partial charge >= 0.3 is 0 Å². The number of benzene rings is 2. The fourth-order valence-electron chi connectivity index (χ4n) is 2.23. The fourth-order valence-corrected chi connectivity index (χ4v) is 2.23. The van der Waals surface area contributed by atoms with E-state index in [0.29, 0.717) is 22.2 Å². The third-order valence-corrected chi connectivity index (χ3v) is 3.33. The van der Waals surface area contributed by atoms with Crippen molar-refractivity contribution in [3.8, 4) is 11.8 Å². The monoisotopic (exact) mass is 320 g/mol. The van der Waals surface area contributed by atoms with Crippen LogP contribution < -0.4 is 15.6 Å². The van der Waals surface area contributed by atoms with Crippen LogP contribution in [0.25, 0.3) is 10.8 Å². The molecule has 1 aromatic heterocycles. The lowest BCUT2D eigenvalue weighted by Crippen LogP contribution is -2.19. The molecule has 0 atom stereocenters. The fraction of sp³-hybridized carbons (Fsp3) is 0.0588. The van der Waals surface area contributed by atoms with Crippen LogP contribution in [-0.2, 0) is 0 Å². The number of carbonyl (C=O) groups is 1. The Morgan fingerprint density at radius 3 is 2.58 bits per heavy atom. The number of H-pyrrole nitrogens is 1. The van der Waals surface area contributed by atoms with E-state index in [0.717, 1.165) is 0 Å². The number of ether oxygens (including phenoxy) is 1. The molecule has 0 bridgehead atoms. The second-order valence-electron chi connectivity index (χ2n) is 4.87. The van der Waals surface area contributed by atoms with E-state index >= 15 is 0 Å². The average molecular weight is 320 g/mol. The van der Waals surface area contributed by atoms with Crippen LogP contribution in [0.1, 0.15) is 10.5 Å². The van der Waals surface area contributed by atoms with E-state index < -0.39 is 5.91 Å². The van der Waals surface area contributed by atoms with E-state index in [1.165, 1.54) is 0 Å². The van der Waals surface area contributed by atoms with Crippen molar-refractivity contribution in [2.75, 3.05) is 11.9 Å². The summed E-state index contributed by atoms with van der Waals surface area (Å²) in [6.45, 7) is -0.0427. The average Bonchev–Trinajstić information content (AvgIpc) is 2.61. The van der Waals surface area contributed by atoms with E-state index in [-0.39, 0.29) is 17.9 Å². The number of hydrogen-bond acceptors (Lipinski definition) is 5. The van der Waals surface area contributed by atoms with Crippen molar-refractivity contribution in [1.82, 2.24) is 10.2 Å². The van der Waals surface area contributed by atoms with Crippen molar-refractivity contribution in [2.24, 2.45) is 0 Å². The van der Waals surface area contributed by atoms with Crippen molar-refractivity contribution in [3.05, 3.63) is 64.6 Å². The first-order valence-corrected chi connectivity index (χ1v) is 7.07. The molecule has 0 aliphatic carbocycles. The molecule has 0 unspecified atom stereocenters. The summed E-state index contributed by atoms with van der Waals surface area (Å²) in [5.41, 5.74) is 0.331. The number of aromatic nitrogens is 2. The van der Waals surface area contributed by atoms with E-state index in [1.54, 1.807) is 48.5 Å². The van der Waals surface area contributed by atoms with Gasteiger partial charge in [0.2, 0.25) is 0 Å². The Kier molecular flexibility index (Phi) is 4.21. The first kappa shape index (κ1) is 15.2. The summed E-state index contributed by atoms with van der Waals surface area (Å²) in [6, 6.07) is 15.2. The number of nitrogens with one attached hydrogen (secondary N) is 2. The summed E-state index contributed by atoms with van der Waals surface area (Å²) in [5.74, 6) is 0.0929. The second-order valence-corrected chi connectivity index (χ2v) is 4.87. The predicted molar refractivity (Wildman–Crippen MR) is 87.9 cm³/mol. The van der Waals surface area contributed by atoms with E-state index in [2.05, 4.69) is 15.5 Å². The van der Waals surface area contributed by atoms with Gasteiger partial charge in [0.05, 0.1) is 5.39 Å². The molecule has 1 amide bonds. The molecule has 0 fully saturated rings. The summed E-state index contributed by atoms with van der Waals surface area (Å²) in [4.78, 5) is 24.2. The Morgan fingerprint density at radius 2 is 1.88 bits per heavy atom. The quantitative estimate of drug-likeness (QED) is 0.765. The molecule has 7 nitrogen and oxygen atoms in total. The van der Waals surface area contributed by atoms with Crippen LogP contribution >= 0.6 is 0 Å². The molecule has 3 aromatic rings. The minimum Gasteiger partial charge on any atom is -0.479 e. The molecule has 0 radical (unpaired) electrons. The highest BCUT2D eigenvalue weighted by molar-refractivity contribution is 6.11. The van der Waals surface area contributed by atoms with Gasteiger partial charge in [-0.05, 0) is 30.3 Å². The van der Waals surface area contributed by atoms with E-state index in [1.807, 2.05) is 6.07 Å². The summed E-state index contributed by atoms with van der Waals surface area (Å²) >= 11 is 0. The van der Waals surface area contributed by atoms with Gasteiger partial charge in [-0.3, -0.25) is 9.59 Å². The maximum atomic E-state index is 12.4. The van der Waals surface area contributed by atoms with E-state index in [9.17, 15) is 9.59 Å². The summed E-state index contributed by atoms with van der Waals surface area (Å²) < 4.78 is 5.14. The molecule has 118 valence electrons. The van der Waals surface area contributed by atoms with Crippen molar-refractivity contribution in [1.29, 1.82) is 5.26 Å². The minimum absolute atomic E-state index is 0.0427. The largest absolute Gasteiger partial charge is 0.479 e. The van der Waals surface area contributed by atoms with Crippen LogP contribution in [0.15, 0.2) is 53.3 Å². The molecule has 2 N–H and O–H groups in total. The number of aromatic amines is 1. The van der Waals surface area contributed by atoms with Crippen molar-refractivity contribution in [3.63, 3.8) is 0 Å². The molecular formula is C17H12N4O3. The number of fused-ring (bicyclic) bond motifs is 1. The van der Waals surface area contributed by atoms with Crippen LogP contribution in [0.2, 0.25) is 0 Å². The number of carbonyl (C=O) groups excluding carboxylic acids is 1. The van der Waals surface area contributed by atoms with Crippen LogP contribution in [0, 0.1) is 11.3 Å².